The number of carboxylic acids is 1. The highest BCUT2D eigenvalue weighted by atomic mass is 79.9. The molecule has 0 aliphatic carbocycles. The number of alkyl halides is 1. The number of hydrogen-bond acceptors (Lipinski definition) is 2. The lowest BCUT2D eigenvalue weighted by Gasteiger charge is -2.04. The maximum absolute atomic E-state index is 11.1. The lowest BCUT2D eigenvalue weighted by Crippen LogP contribution is -2.05. The third kappa shape index (κ3) is 3.94. The van der Waals surface area contributed by atoms with Gasteiger partial charge < -0.3 is 5.11 Å². The Labute approximate surface area is 107 Å². The summed E-state index contributed by atoms with van der Waals surface area (Å²) in [6.07, 6.45) is 0.236. The standard InChI is InChI=1S/C11H10BrClO3/c12-10-4-7(3-9(14)6-13)1-2-8(10)5-11(15)16/h1-2,4H,3,5-6H2,(H,15,16). The van der Waals surface area contributed by atoms with E-state index in [0.717, 1.165) is 5.56 Å². The van der Waals surface area contributed by atoms with Crippen molar-refractivity contribution in [3.05, 3.63) is 33.8 Å². The van der Waals surface area contributed by atoms with Crippen LogP contribution in [-0.2, 0) is 22.4 Å². The van der Waals surface area contributed by atoms with E-state index >= 15 is 0 Å². The lowest BCUT2D eigenvalue weighted by atomic mass is 10.1. The average Bonchev–Trinajstić information content (AvgIpc) is 2.21. The monoisotopic (exact) mass is 304 g/mol. The number of Topliss-reactive ketones (excluding diaryl/α,β-unsaturated/α-hetero) is 1. The van der Waals surface area contributed by atoms with Gasteiger partial charge in [-0.2, -0.15) is 0 Å². The van der Waals surface area contributed by atoms with Gasteiger partial charge in [0.15, 0.2) is 5.78 Å². The van der Waals surface area contributed by atoms with Crippen molar-refractivity contribution in [1.29, 1.82) is 0 Å². The molecule has 0 heterocycles. The quantitative estimate of drug-likeness (QED) is 0.850. The molecule has 86 valence electrons. The molecule has 0 radical (unpaired) electrons. The fourth-order valence-electron chi connectivity index (χ4n) is 1.28. The Hall–Kier alpha value is -0.870. The third-order valence-corrected chi connectivity index (χ3v) is 3.05. The number of aliphatic carboxylic acids is 1. The van der Waals surface area contributed by atoms with Crippen molar-refractivity contribution in [3.8, 4) is 0 Å². The van der Waals surface area contributed by atoms with Crippen molar-refractivity contribution < 1.29 is 14.7 Å². The van der Waals surface area contributed by atoms with Gasteiger partial charge in [-0.05, 0) is 17.2 Å². The molecule has 0 spiro atoms. The largest absolute Gasteiger partial charge is 0.481 e. The fraction of sp³-hybridized carbons (Fsp3) is 0.273. The minimum atomic E-state index is -0.884. The van der Waals surface area contributed by atoms with Crippen LogP contribution in [0.4, 0.5) is 0 Å². The molecule has 0 saturated heterocycles. The van der Waals surface area contributed by atoms with E-state index < -0.39 is 5.97 Å². The van der Waals surface area contributed by atoms with Gasteiger partial charge in [-0.1, -0.05) is 28.1 Å². The summed E-state index contributed by atoms with van der Waals surface area (Å²) >= 11 is 8.68. The number of rotatable bonds is 5. The van der Waals surface area contributed by atoms with E-state index in [-0.39, 0.29) is 24.5 Å². The molecule has 0 aromatic heterocycles. The summed E-state index contributed by atoms with van der Waals surface area (Å²) in [7, 11) is 0. The van der Waals surface area contributed by atoms with Gasteiger partial charge in [-0.15, -0.1) is 11.6 Å². The highest BCUT2D eigenvalue weighted by Crippen LogP contribution is 2.19. The van der Waals surface area contributed by atoms with E-state index in [1.54, 1.807) is 18.2 Å². The molecule has 3 nitrogen and oxygen atoms in total. The van der Waals surface area contributed by atoms with Crippen molar-refractivity contribution in [1.82, 2.24) is 0 Å². The summed E-state index contributed by atoms with van der Waals surface area (Å²) in [5, 5.41) is 8.65. The lowest BCUT2D eigenvalue weighted by molar-refractivity contribution is -0.136. The van der Waals surface area contributed by atoms with Crippen molar-refractivity contribution in [2.24, 2.45) is 0 Å². The molecule has 0 aliphatic heterocycles. The Bertz CT molecular complexity index is 418. The molecule has 0 atom stereocenters. The van der Waals surface area contributed by atoms with Crippen LogP contribution in [0.15, 0.2) is 22.7 Å². The van der Waals surface area contributed by atoms with Crippen LogP contribution in [0, 0.1) is 0 Å². The van der Waals surface area contributed by atoms with E-state index in [0.29, 0.717) is 10.0 Å². The van der Waals surface area contributed by atoms with Gasteiger partial charge in [0.1, 0.15) is 0 Å². The van der Waals surface area contributed by atoms with Gasteiger partial charge in [0.25, 0.3) is 0 Å². The van der Waals surface area contributed by atoms with Crippen LogP contribution in [0.5, 0.6) is 0 Å². The number of ketones is 1. The molecule has 0 amide bonds. The minimum absolute atomic E-state index is 0.00546. The number of halogens is 2. The van der Waals surface area contributed by atoms with Crippen LogP contribution in [-0.4, -0.2) is 22.7 Å². The van der Waals surface area contributed by atoms with E-state index in [1.807, 2.05) is 0 Å². The molecule has 1 N–H and O–H groups in total. The van der Waals surface area contributed by atoms with Crippen LogP contribution >= 0.6 is 27.5 Å². The highest BCUT2D eigenvalue weighted by molar-refractivity contribution is 9.10. The molecule has 5 heteroatoms. The first-order valence-electron chi connectivity index (χ1n) is 4.59. The molecule has 16 heavy (non-hydrogen) atoms. The van der Waals surface area contributed by atoms with Gasteiger partial charge in [-0.25, -0.2) is 0 Å². The normalized spacial score (nSPS) is 10.1. The van der Waals surface area contributed by atoms with Gasteiger partial charge in [0.2, 0.25) is 0 Å². The zero-order valence-electron chi connectivity index (χ0n) is 8.37. The van der Waals surface area contributed by atoms with Crippen LogP contribution in [0.3, 0.4) is 0 Å². The molecular weight excluding hydrogens is 295 g/mol. The maximum Gasteiger partial charge on any atom is 0.307 e. The van der Waals surface area contributed by atoms with Gasteiger partial charge >= 0.3 is 5.97 Å². The Morgan fingerprint density at radius 3 is 2.50 bits per heavy atom. The first-order valence-corrected chi connectivity index (χ1v) is 5.92. The Morgan fingerprint density at radius 1 is 1.31 bits per heavy atom. The summed E-state index contributed by atoms with van der Waals surface area (Å²) in [4.78, 5) is 21.7. The summed E-state index contributed by atoms with van der Waals surface area (Å²) in [5.41, 5.74) is 1.52. The number of carboxylic acid groups (broad SMARTS) is 1. The second-order valence-electron chi connectivity index (χ2n) is 3.35. The first-order chi connectivity index (χ1) is 7.52. The van der Waals surface area contributed by atoms with Crippen LogP contribution in [0.25, 0.3) is 0 Å². The predicted octanol–water partition coefficient (Wildman–Crippen LogP) is 2.43. The van der Waals surface area contributed by atoms with Crippen molar-refractivity contribution in [2.75, 3.05) is 5.88 Å². The number of hydrogen-bond donors (Lipinski definition) is 1. The Morgan fingerprint density at radius 2 is 2.00 bits per heavy atom. The fourth-order valence-corrected chi connectivity index (χ4v) is 1.94. The summed E-state index contributed by atoms with van der Waals surface area (Å²) in [6, 6.07) is 5.20. The zero-order valence-corrected chi connectivity index (χ0v) is 10.7. The van der Waals surface area contributed by atoms with Gasteiger partial charge in [0, 0.05) is 10.9 Å². The maximum atomic E-state index is 11.1. The third-order valence-electron chi connectivity index (χ3n) is 2.01. The van der Waals surface area contributed by atoms with Crippen LogP contribution in [0.1, 0.15) is 11.1 Å². The van der Waals surface area contributed by atoms with Crippen molar-refractivity contribution >= 4 is 39.3 Å². The van der Waals surface area contributed by atoms with E-state index in [9.17, 15) is 9.59 Å². The van der Waals surface area contributed by atoms with Gasteiger partial charge in [0.05, 0.1) is 12.3 Å². The second kappa shape index (κ2) is 6.01. The molecule has 0 aliphatic rings. The van der Waals surface area contributed by atoms with Crippen molar-refractivity contribution in [3.63, 3.8) is 0 Å². The molecule has 1 rings (SSSR count). The summed E-state index contributed by atoms with van der Waals surface area (Å²) in [6.45, 7) is 0. The summed E-state index contributed by atoms with van der Waals surface area (Å²) in [5.74, 6) is -0.945. The zero-order chi connectivity index (χ0) is 12.1. The molecule has 1 aromatic carbocycles. The molecule has 1 aromatic rings. The molecule has 0 saturated carbocycles. The van der Waals surface area contributed by atoms with Crippen LogP contribution < -0.4 is 0 Å². The summed E-state index contributed by atoms with van der Waals surface area (Å²) < 4.78 is 0.703. The van der Waals surface area contributed by atoms with Crippen molar-refractivity contribution in [2.45, 2.75) is 12.8 Å². The molecule has 0 bridgehead atoms. The first kappa shape index (κ1) is 13.2. The van der Waals surface area contributed by atoms with E-state index in [1.165, 1.54) is 0 Å². The number of carbonyl (C=O) groups is 2. The Kier molecular flexibility index (Phi) is 4.96. The topological polar surface area (TPSA) is 54.4 Å². The van der Waals surface area contributed by atoms with E-state index in [2.05, 4.69) is 15.9 Å². The number of benzene rings is 1. The van der Waals surface area contributed by atoms with E-state index in [4.69, 9.17) is 16.7 Å². The average molecular weight is 306 g/mol. The minimum Gasteiger partial charge on any atom is -0.481 e. The highest BCUT2D eigenvalue weighted by Gasteiger charge is 2.07. The number of carbonyl (C=O) groups excluding carboxylic acids is 1. The SMILES string of the molecule is O=C(O)Cc1ccc(CC(=O)CCl)cc1Br. The predicted molar refractivity (Wildman–Crippen MR) is 64.9 cm³/mol. The molecule has 0 fully saturated rings. The smallest absolute Gasteiger partial charge is 0.307 e. The molecule has 0 unspecified atom stereocenters. The van der Waals surface area contributed by atoms with Crippen LogP contribution in [0.2, 0.25) is 0 Å². The van der Waals surface area contributed by atoms with Gasteiger partial charge in [-0.3, -0.25) is 9.59 Å². The molecular formula is C11H10BrClO3. The Balaban J connectivity index is 2.82. The second-order valence-corrected chi connectivity index (χ2v) is 4.47.